The molecular formula is C24H26N2O4. The summed E-state index contributed by atoms with van der Waals surface area (Å²) in [7, 11) is 0. The number of allylic oxidation sites excluding steroid dienone is 3. The van der Waals surface area contributed by atoms with E-state index >= 15 is 0 Å². The first-order valence-electron chi connectivity index (χ1n) is 10.2. The van der Waals surface area contributed by atoms with E-state index in [0.29, 0.717) is 30.0 Å². The van der Waals surface area contributed by atoms with Crippen molar-refractivity contribution < 1.29 is 19.7 Å². The molecule has 0 atom stereocenters. The van der Waals surface area contributed by atoms with Gasteiger partial charge in [-0.2, -0.15) is 0 Å². The number of Topliss-reactive ketones (excluding diaryl/α,β-unsaturated/α-hetero) is 1. The third kappa shape index (κ3) is 4.46. The normalized spacial score (nSPS) is 18.8. The van der Waals surface area contributed by atoms with Crippen LogP contribution in [0.15, 0.2) is 60.4 Å². The molecule has 2 aromatic rings. The number of ether oxygens (including phenoxy) is 1. The van der Waals surface area contributed by atoms with Gasteiger partial charge in [0.1, 0.15) is 11.5 Å². The minimum Gasteiger partial charge on any atom is -0.507 e. The van der Waals surface area contributed by atoms with Crippen LogP contribution in [0.1, 0.15) is 21.5 Å². The van der Waals surface area contributed by atoms with Gasteiger partial charge >= 0.3 is 0 Å². The number of β-amino-alcohol motifs (C(OH)–C–C–N with tert-alkyl or cyclic N) is 1. The van der Waals surface area contributed by atoms with Gasteiger partial charge in [-0.1, -0.05) is 42.5 Å². The zero-order chi connectivity index (χ0) is 20.9. The molecule has 0 saturated carbocycles. The van der Waals surface area contributed by atoms with Crippen molar-refractivity contribution in [3.05, 3.63) is 77.1 Å². The van der Waals surface area contributed by atoms with Crippen LogP contribution in [0.5, 0.6) is 11.5 Å². The van der Waals surface area contributed by atoms with E-state index in [1.165, 1.54) is 0 Å². The summed E-state index contributed by atoms with van der Waals surface area (Å²) in [5, 5.41) is 19.5. The van der Waals surface area contributed by atoms with Gasteiger partial charge in [0.05, 0.1) is 17.7 Å². The minimum atomic E-state index is -0.170. The number of nitrogens with zero attached hydrogens (tertiary/aromatic N) is 2. The number of benzene rings is 2. The van der Waals surface area contributed by atoms with Crippen molar-refractivity contribution in [3.8, 4) is 11.5 Å². The zero-order valence-electron chi connectivity index (χ0n) is 16.8. The Kier molecular flexibility index (Phi) is 6.28. The van der Waals surface area contributed by atoms with E-state index in [-0.39, 0.29) is 23.9 Å². The lowest BCUT2D eigenvalue weighted by Gasteiger charge is -2.34. The number of aliphatic hydroxyl groups is 1. The number of aromatic hydroxyl groups is 1. The number of hydrogen-bond acceptors (Lipinski definition) is 6. The number of phenolic OH excluding ortho intramolecular Hbond substituents is 1. The van der Waals surface area contributed by atoms with Gasteiger partial charge in [-0.3, -0.25) is 14.6 Å². The molecule has 0 unspecified atom stereocenters. The van der Waals surface area contributed by atoms with Crippen LogP contribution in [0.4, 0.5) is 0 Å². The Morgan fingerprint density at radius 1 is 1.00 bits per heavy atom. The average molecular weight is 406 g/mol. The van der Waals surface area contributed by atoms with Crippen molar-refractivity contribution in [1.82, 2.24) is 9.80 Å². The lowest BCUT2D eigenvalue weighted by atomic mass is 10.0. The summed E-state index contributed by atoms with van der Waals surface area (Å²) in [6.07, 6.45) is 5.38. The predicted octanol–water partition coefficient (Wildman–Crippen LogP) is 2.67. The number of aliphatic hydroxyl groups excluding tert-OH is 1. The standard InChI is InChI=1S/C24H26N2O4/c27-16-15-25-11-13-26(14-12-25)17-20-21(28)10-9-19-23(29)22(30-24(19)20)8-4-7-18-5-2-1-3-6-18/h1-10,27-28H,11-17H2/b7-4+,22-8-. The van der Waals surface area contributed by atoms with Crippen molar-refractivity contribution in [2.24, 2.45) is 0 Å². The maximum absolute atomic E-state index is 12.8. The van der Waals surface area contributed by atoms with Crippen LogP contribution >= 0.6 is 0 Å². The van der Waals surface area contributed by atoms with Gasteiger partial charge in [0.2, 0.25) is 5.78 Å². The molecule has 0 bridgehead atoms. The van der Waals surface area contributed by atoms with Gasteiger partial charge in [-0.05, 0) is 23.8 Å². The molecule has 6 heteroatoms. The van der Waals surface area contributed by atoms with E-state index < -0.39 is 0 Å². The fourth-order valence-corrected chi connectivity index (χ4v) is 3.81. The van der Waals surface area contributed by atoms with Crippen molar-refractivity contribution in [2.75, 3.05) is 39.3 Å². The number of hydrogen-bond donors (Lipinski definition) is 2. The van der Waals surface area contributed by atoms with Crippen molar-refractivity contribution >= 4 is 11.9 Å². The Balaban J connectivity index is 1.49. The molecule has 6 nitrogen and oxygen atoms in total. The summed E-state index contributed by atoms with van der Waals surface area (Å²) in [5.74, 6) is 0.686. The number of fused-ring (bicyclic) bond motifs is 1. The molecule has 2 aromatic carbocycles. The van der Waals surface area contributed by atoms with E-state index in [1.54, 1.807) is 24.3 Å². The van der Waals surface area contributed by atoms with Gasteiger partial charge in [-0.25, -0.2) is 0 Å². The van der Waals surface area contributed by atoms with Crippen LogP contribution in [-0.2, 0) is 6.54 Å². The highest BCUT2D eigenvalue weighted by molar-refractivity contribution is 6.12. The first-order valence-corrected chi connectivity index (χ1v) is 10.2. The smallest absolute Gasteiger partial charge is 0.231 e. The minimum absolute atomic E-state index is 0.139. The van der Waals surface area contributed by atoms with Crippen molar-refractivity contribution in [1.29, 1.82) is 0 Å². The average Bonchev–Trinajstić information content (AvgIpc) is 3.08. The fourth-order valence-electron chi connectivity index (χ4n) is 3.81. The van der Waals surface area contributed by atoms with Gasteiger partial charge < -0.3 is 14.9 Å². The van der Waals surface area contributed by atoms with E-state index in [0.717, 1.165) is 31.7 Å². The van der Waals surface area contributed by atoms with Crippen LogP contribution < -0.4 is 4.74 Å². The summed E-state index contributed by atoms with van der Waals surface area (Å²) in [6, 6.07) is 13.0. The maximum Gasteiger partial charge on any atom is 0.231 e. The van der Waals surface area contributed by atoms with Gasteiger partial charge in [0.15, 0.2) is 5.76 Å². The van der Waals surface area contributed by atoms with Crippen LogP contribution in [0.2, 0.25) is 0 Å². The Morgan fingerprint density at radius 2 is 1.73 bits per heavy atom. The lowest BCUT2D eigenvalue weighted by molar-refractivity contribution is 0.101. The monoisotopic (exact) mass is 406 g/mol. The highest BCUT2D eigenvalue weighted by atomic mass is 16.5. The third-order valence-electron chi connectivity index (χ3n) is 5.51. The molecule has 156 valence electrons. The summed E-state index contributed by atoms with van der Waals surface area (Å²) < 4.78 is 5.90. The molecule has 2 aliphatic rings. The fraction of sp³-hybridized carbons (Fsp3) is 0.292. The second-order valence-electron chi connectivity index (χ2n) is 7.51. The summed E-state index contributed by atoms with van der Waals surface area (Å²) in [6.45, 7) is 4.76. The van der Waals surface area contributed by atoms with E-state index in [4.69, 9.17) is 9.84 Å². The Labute approximate surface area is 176 Å². The topological polar surface area (TPSA) is 73.2 Å². The molecule has 30 heavy (non-hydrogen) atoms. The number of rotatable bonds is 6. The SMILES string of the molecule is O=C1/C(=C/C=C/c2ccccc2)Oc2c1ccc(O)c2CN1CCN(CCO)CC1. The van der Waals surface area contributed by atoms with Crippen molar-refractivity contribution in [3.63, 3.8) is 0 Å². The summed E-state index contributed by atoms with van der Waals surface area (Å²) in [5.41, 5.74) is 2.17. The highest BCUT2D eigenvalue weighted by Crippen LogP contribution is 2.39. The van der Waals surface area contributed by atoms with E-state index in [9.17, 15) is 9.90 Å². The molecule has 2 heterocycles. The van der Waals surface area contributed by atoms with Crippen LogP contribution in [-0.4, -0.2) is 65.1 Å². The van der Waals surface area contributed by atoms with Gasteiger partial charge in [0.25, 0.3) is 0 Å². The van der Waals surface area contributed by atoms with E-state index in [2.05, 4.69) is 9.80 Å². The summed E-state index contributed by atoms with van der Waals surface area (Å²) in [4.78, 5) is 17.2. The number of phenols is 1. The largest absolute Gasteiger partial charge is 0.507 e. The molecule has 0 aliphatic carbocycles. The van der Waals surface area contributed by atoms with Crippen molar-refractivity contribution in [2.45, 2.75) is 6.54 Å². The molecule has 2 N–H and O–H groups in total. The van der Waals surface area contributed by atoms with Gasteiger partial charge in [0, 0.05) is 39.3 Å². The maximum atomic E-state index is 12.8. The second kappa shape index (κ2) is 9.26. The number of carbonyl (C=O) groups excluding carboxylic acids is 1. The summed E-state index contributed by atoms with van der Waals surface area (Å²) >= 11 is 0. The van der Waals surface area contributed by atoms with Crippen LogP contribution in [0, 0.1) is 0 Å². The quantitative estimate of drug-likeness (QED) is 0.719. The molecule has 0 spiro atoms. The third-order valence-corrected chi connectivity index (χ3v) is 5.51. The molecule has 1 fully saturated rings. The predicted molar refractivity (Wildman–Crippen MR) is 115 cm³/mol. The Hall–Kier alpha value is -2.93. The molecule has 1 saturated heterocycles. The second-order valence-corrected chi connectivity index (χ2v) is 7.51. The number of ketones is 1. The molecule has 2 aliphatic heterocycles. The van der Waals surface area contributed by atoms with Gasteiger partial charge in [-0.15, -0.1) is 0 Å². The Bertz CT molecular complexity index is 961. The lowest BCUT2D eigenvalue weighted by Crippen LogP contribution is -2.46. The Morgan fingerprint density at radius 3 is 2.47 bits per heavy atom. The molecule has 0 radical (unpaired) electrons. The molecule has 0 amide bonds. The first kappa shape index (κ1) is 20.3. The molecule has 4 rings (SSSR count). The molecule has 0 aromatic heterocycles. The number of carbonyl (C=O) groups is 1. The first-order chi connectivity index (χ1) is 14.7. The number of piperazine rings is 1. The van der Waals surface area contributed by atoms with Crippen LogP contribution in [0.25, 0.3) is 6.08 Å². The van der Waals surface area contributed by atoms with E-state index in [1.807, 2.05) is 36.4 Å². The zero-order valence-corrected chi connectivity index (χ0v) is 16.8. The highest BCUT2D eigenvalue weighted by Gasteiger charge is 2.31. The van der Waals surface area contributed by atoms with Crippen LogP contribution in [0.3, 0.4) is 0 Å². The molecular weight excluding hydrogens is 380 g/mol.